The second-order valence-electron chi connectivity index (χ2n) is 4.25. The molecule has 82 valence electrons. The molecule has 1 atom stereocenters. The van der Waals surface area contributed by atoms with E-state index < -0.39 is 11.5 Å². The Kier molecular flexibility index (Phi) is 3.89. The molecule has 4 nitrogen and oxygen atoms in total. The normalized spacial score (nSPS) is 21.3. The van der Waals surface area contributed by atoms with Crippen LogP contribution in [0, 0.1) is 0 Å². The molecular weight excluding hydrogens is 182 g/mol. The van der Waals surface area contributed by atoms with Gasteiger partial charge in [0, 0.05) is 6.61 Å². The van der Waals surface area contributed by atoms with Gasteiger partial charge in [-0.2, -0.15) is 0 Å². The van der Waals surface area contributed by atoms with Crippen molar-refractivity contribution in [1.29, 1.82) is 0 Å². The number of ether oxygens (including phenoxy) is 1. The Morgan fingerprint density at radius 1 is 1.64 bits per heavy atom. The molecule has 0 aromatic carbocycles. The Bertz CT molecular complexity index is 200. The molecular formula is C10H19NO3. The highest BCUT2D eigenvalue weighted by atomic mass is 16.5. The van der Waals surface area contributed by atoms with E-state index in [1.807, 2.05) is 0 Å². The van der Waals surface area contributed by atoms with Crippen LogP contribution in [0.1, 0.15) is 39.0 Å². The standard InChI is InChI=1S/C10H19NO3/c1-10(11,9(12)13)6-3-7-14-8-4-2-5-8/h8H,2-7,11H2,1H3,(H,12,13). The van der Waals surface area contributed by atoms with Crippen LogP contribution < -0.4 is 5.73 Å². The lowest BCUT2D eigenvalue weighted by Gasteiger charge is -2.26. The summed E-state index contributed by atoms with van der Waals surface area (Å²) in [5, 5.41) is 8.74. The minimum atomic E-state index is -1.11. The number of hydrogen-bond acceptors (Lipinski definition) is 3. The number of carboxylic acids is 1. The molecule has 1 aliphatic rings. The van der Waals surface area contributed by atoms with Crippen molar-refractivity contribution in [2.24, 2.45) is 5.73 Å². The van der Waals surface area contributed by atoms with Crippen molar-refractivity contribution in [3.8, 4) is 0 Å². The number of rotatable bonds is 6. The summed E-state index contributed by atoms with van der Waals surface area (Å²) < 4.78 is 5.50. The maximum absolute atomic E-state index is 10.7. The number of carbonyl (C=O) groups is 1. The predicted octanol–water partition coefficient (Wildman–Crippen LogP) is 1.14. The molecule has 1 rings (SSSR count). The maximum atomic E-state index is 10.7. The van der Waals surface area contributed by atoms with Crippen LogP contribution in [0.2, 0.25) is 0 Å². The Morgan fingerprint density at radius 3 is 2.71 bits per heavy atom. The third kappa shape index (κ3) is 3.27. The van der Waals surface area contributed by atoms with Gasteiger partial charge in [-0.1, -0.05) is 0 Å². The molecule has 0 radical (unpaired) electrons. The topological polar surface area (TPSA) is 72.5 Å². The zero-order valence-electron chi connectivity index (χ0n) is 8.66. The first-order valence-corrected chi connectivity index (χ1v) is 5.16. The first kappa shape index (κ1) is 11.5. The van der Waals surface area contributed by atoms with Gasteiger partial charge in [0.15, 0.2) is 0 Å². The van der Waals surface area contributed by atoms with Crippen molar-refractivity contribution in [3.05, 3.63) is 0 Å². The van der Waals surface area contributed by atoms with Crippen molar-refractivity contribution in [2.75, 3.05) is 6.61 Å². The number of aliphatic carboxylic acids is 1. The number of nitrogens with two attached hydrogens (primary N) is 1. The first-order chi connectivity index (χ1) is 6.52. The van der Waals surface area contributed by atoms with Crippen LogP contribution in [-0.2, 0) is 9.53 Å². The third-order valence-electron chi connectivity index (χ3n) is 2.73. The summed E-state index contributed by atoms with van der Waals surface area (Å²) in [6.07, 6.45) is 5.17. The van der Waals surface area contributed by atoms with E-state index in [4.69, 9.17) is 15.6 Å². The first-order valence-electron chi connectivity index (χ1n) is 5.16. The fourth-order valence-electron chi connectivity index (χ4n) is 1.33. The van der Waals surface area contributed by atoms with Crippen LogP contribution in [-0.4, -0.2) is 29.3 Å². The Morgan fingerprint density at radius 2 is 2.29 bits per heavy atom. The highest BCUT2D eigenvalue weighted by Crippen LogP contribution is 2.22. The lowest BCUT2D eigenvalue weighted by atomic mass is 9.95. The molecule has 0 spiro atoms. The molecule has 1 unspecified atom stereocenters. The molecule has 3 N–H and O–H groups in total. The van der Waals surface area contributed by atoms with Gasteiger partial charge in [-0.25, -0.2) is 0 Å². The van der Waals surface area contributed by atoms with Crippen LogP contribution in [0.25, 0.3) is 0 Å². The molecule has 0 aromatic heterocycles. The quantitative estimate of drug-likeness (QED) is 0.632. The van der Waals surface area contributed by atoms with Gasteiger partial charge in [-0.3, -0.25) is 4.79 Å². The highest BCUT2D eigenvalue weighted by Gasteiger charge is 2.27. The van der Waals surface area contributed by atoms with Crippen molar-refractivity contribution in [2.45, 2.75) is 50.7 Å². The second-order valence-corrected chi connectivity index (χ2v) is 4.25. The zero-order chi connectivity index (χ0) is 10.6. The van der Waals surface area contributed by atoms with Gasteiger partial charge < -0.3 is 15.6 Å². The average Bonchev–Trinajstić information content (AvgIpc) is 2.00. The van der Waals surface area contributed by atoms with Crippen molar-refractivity contribution < 1.29 is 14.6 Å². The fraction of sp³-hybridized carbons (Fsp3) is 0.900. The van der Waals surface area contributed by atoms with Gasteiger partial charge in [-0.15, -0.1) is 0 Å². The van der Waals surface area contributed by atoms with E-state index in [1.165, 1.54) is 6.42 Å². The summed E-state index contributed by atoms with van der Waals surface area (Å²) in [5.41, 5.74) is 4.46. The summed E-state index contributed by atoms with van der Waals surface area (Å²) in [4.78, 5) is 10.7. The molecule has 0 amide bonds. The van der Waals surface area contributed by atoms with Crippen molar-refractivity contribution in [3.63, 3.8) is 0 Å². The van der Waals surface area contributed by atoms with E-state index >= 15 is 0 Å². The lowest BCUT2D eigenvalue weighted by molar-refractivity contribution is -0.143. The van der Waals surface area contributed by atoms with E-state index in [-0.39, 0.29) is 0 Å². The van der Waals surface area contributed by atoms with Crippen LogP contribution in [0.3, 0.4) is 0 Å². The summed E-state index contributed by atoms with van der Waals surface area (Å²) in [5.74, 6) is -0.943. The van der Waals surface area contributed by atoms with Gasteiger partial charge >= 0.3 is 5.97 Å². The minimum absolute atomic E-state index is 0.420. The SMILES string of the molecule is CC(N)(CCCOC1CCC1)C(=O)O. The van der Waals surface area contributed by atoms with Gasteiger partial charge in [0.1, 0.15) is 5.54 Å². The van der Waals surface area contributed by atoms with Gasteiger partial charge in [0.25, 0.3) is 0 Å². The molecule has 0 saturated heterocycles. The Balaban J connectivity index is 2.04. The molecule has 0 bridgehead atoms. The van der Waals surface area contributed by atoms with E-state index in [1.54, 1.807) is 6.92 Å². The van der Waals surface area contributed by atoms with Crippen molar-refractivity contribution >= 4 is 5.97 Å². The maximum Gasteiger partial charge on any atom is 0.323 e. The predicted molar refractivity (Wildman–Crippen MR) is 53.1 cm³/mol. The van der Waals surface area contributed by atoms with E-state index in [9.17, 15) is 4.79 Å². The Labute approximate surface area is 84.4 Å². The second kappa shape index (κ2) is 4.75. The van der Waals surface area contributed by atoms with Crippen molar-refractivity contribution in [1.82, 2.24) is 0 Å². The molecule has 4 heteroatoms. The van der Waals surface area contributed by atoms with Crippen LogP contribution in [0.15, 0.2) is 0 Å². The van der Waals surface area contributed by atoms with E-state index in [0.717, 1.165) is 19.3 Å². The third-order valence-corrected chi connectivity index (χ3v) is 2.73. The largest absolute Gasteiger partial charge is 0.480 e. The van der Waals surface area contributed by atoms with Crippen LogP contribution in [0.5, 0.6) is 0 Å². The zero-order valence-corrected chi connectivity index (χ0v) is 8.66. The molecule has 0 heterocycles. The van der Waals surface area contributed by atoms with E-state index in [2.05, 4.69) is 0 Å². The lowest BCUT2D eigenvalue weighted by Crippen LogP contribution is -2.44. The molecule has 1 aliphatic carbocycles. The molecule has 0 aliphatic heterocycles. The van der Waals surface area contributed by atoms with Crippen LogP contribution in [0.4, 0.5) is 0 Å². The fourth-order valence-corrected chi connectivity index (χ4v) is 1.33. The monoisotopic (exact) mass is 201 g/mol. The number of hydrogen-bond donors (Lipinski definition) is 2. The molecule has 1 saturated carbocycles. The van der Waals surface area contributed by atoms with Crippen LogP contribution >= 0.6 is 0 Å². The smallest absolute Gasteiger partial charge is 0.323 e. The minimum Gasteiger partial charge on any atom is -0.480 e. The molecule has 1 fully saturated rings. The van der Waals surface area contributed by atoms with Gasteiger partial charge in [0.2, 0.25) is 0 Å². The summed E-state index contributed by atoms with van der Waals surface area (Å²) in [6.45, 7) is 2.17. The molecule has 0 aromatic rings. The summed E-state index contributed by atoms with van der Waals surface area (Å²) >= 11 is 0. The molecule has 14 heavy (non-hydrogen) atoms. The summed E-state index contributed by atoms with van der Waals surface area (Å²) in [6, 6.07) is 0. The number of carboxylic acid groups (broad SMARTS) is 1. The average molecular weight is 201 g/mol. The van der Waals surface area contributed by atoms with E-state index in [0.29, 0.717) is 19.1 Å². The highest BCUT2D eigenvalue weighted by molar-refractivity contribution is 5.77. The summed E-state index contributed by atoms with van der Waals surface area (Å²) in [7, 11) is 0. The van der Waals surface area contributed by atoms with Gasteiger partial charge in [-0.05, 0) is 39.0 Å². The Hall–Kier alpha value is -0.610. The van der Waals surface area contributed by atoms with Gasteiger partial charge in [0.05, 0.1) is 6.10 Å².